The highest BCUT2D eigenvalue weighted by atomic mass is 16.6. The predicted octanol–water partition coefficient (Wildman–Crippen LogP) is 1.84. The van der Waals surface area contributed by atoms with Crippen LogP contribution in [0.2, 0.25) is 0 Å². The largest absolute Gasteiger partial charge is 0.481 e. The van der Waals surface area contributed by atoms with Gasteiger partial charge in [0, 0.05) is 25.3 Å². The van der Waals surface area contributed by atoms with Crippen molar-refractivity contribution in [2.45, 2.75) is 12.8 Å². The van der Waals surface area contributed by atoms with Gasteiger partial charge < -0.3 is 14.8 Å². The number of hydrogen-bond acceptors (Lipinski definition) is 6. The Morgan fingerprint density at radius 2 is 2.47 bits per heavy atom. The first kappa shape index (κ1) is 13.5. The Morgan fingerprint density at radius 1 is 1.63 bits per heavy atom. The van der Waals surface area contributed by atoms with Gasteiger partial charge >= 0.3 is 5.69 Å². The van der Waals surface area contributed by atoms with Crippen molar-refractivity contribution in [1.29, 1.82) is 0 Å². The number of nitro groups is 1. The van der Waals surface area contributed by atoms with Gasteiger partial charge in [0.05, 0.1) is 18.6 Å². The van der Waals surface area contributed by atoms with Crippen LogP contribution < -0.4 is 10.1 Å². The molecule has 7 heteroatoms. The highest BCUT2D eigenvalue weighted by molar-refractivity contribution is 5.57. The van der Waals surface area contributed by atoms with Gasteiger partial charge in [-0.1, -0.05) is 0 Å². The number of nitrogens with zero attached hydrogens (tertiary/aromatic N) is 2. The second kappa shape index (κ2) is 6.33. The maximum absolute atomic E-state index is 10.9. The summed E-state index contributed by atoms with van der Waals surface area (Å²) in [6, 6.07) is 2.87. The summed E-state index contributed by atoms with van der Waals surface area (Å²) in [5, 5.41) is 14.0. The van der Waals surface area contributed by atoms with Crippen molar-refractivity contribution >= 4 is 11.5 Å². The van der Waals surface area contributed by atoms with Crippen molar-refractivity contribution in [3.8, 4) is 5.88 Å². The molecule has 7 nitrogen and oxygen atoms in total. The average Bonchev–Trinajstić information content (AvgIpc) is 2.45. The van der Waals surface area contributed by atoms with Gasteiger partial charge in [-0.15, -0.1) is 0 Å². The van der Waals surface area contributed by atoms with Crippen molar-refractivity contribution < 1.29 is 14.4 Å². The molecule has 0 aromatic carbocycles. The number of anilines is 1. The normalized spacial score (nSPS) is 18.9. The van der Waals surface area contributed by atoms with Crippen molar-refractivity contribution in [1.82, 2.24) is 4.98 Å². The molecule has 1 saturated heterocycles. The summed E-state index contributed by atoms with van der Waals surface area (Å²) in [6.07, 6.45) is 2.09. The molecule has 0 radical (unpaired) electrons. The number of pyridine rings is 1. The van der Waals surface area contributed by atoms with E-state index in [0.29, 0.717) is 24.9 Å². The molecule has 1 atom stereocenters. The van der Waals surface area contributed by atoms with Crippen LogP contribution in [0.3, 0.4) is 0 Å². The highest BCUT2D eigenvalue weighted by Crippen LogP contribution is 2.25. The Balaban J connectivity index is 2.06. The van der Waals surface area contributed by atoms with E-state index in [2.05, 4.69) is 10.3 Å². The van der Waals surface area contributed by atoms with Crippen LogP contribution in [0, 0.1) is 16.0 Å². The van der Waals surface area contributed by atoms with E-state index in [1.54, 1.807) is 0 Å². The smallest absolute Gasteiger partial charge is 0.311 e. The van der Waals surface area contributed by atoms with Gasteiger partial charge in [-0.2, -0.15) is 4.98 Å². The second-order valence-corrected chi connectivity index (χ2v) is 4.44. The summed E-state index contributed by atoms with van der Waals surface area (Å²) >= 11 is 0. The fourth-order valence-corrected chi connectivity index (χ4v) is 2.03. The summed E-state index contributed by atoms with van der Waals surface area (Å²) in [7, 11) is 1.48. The minimum atomic E-state index is -0.452. The van der Waals surface area contributed by atoms with Gasteiger partial charge in [-0.25, -0.2) is 0 Å². The number of aromatic nitrogens is 1. The lowest BCUT2D eigenvalue weighted by Gasteiger charge is -2.22. The van der Waals surface area contributed by atoms with Crippen LogP contribution in [0.4, 0.5) is 11.5 Å². The van der Waals surface area contributed by atoms with Crippen molar-refractivity contribution in [3.05, 3.63) is 22.2 Å². The fraction of sp³-hybridized carbons (Fsp3) is 0.583. The van der Waals surface area contributed by atoms with Crippen LogP contribution in [0.15, 0.2) is 12.1 Å². The number of rotatable bonds is 5. The summed E-state index contributed by atoms with van der Waals surface area (Å²) < 4.78 is 10.4. The molecule has 2 rings (SSSR count). The first-order chi connectivity index (χ1) is 9.20. The summed E-state index contributed by atoms with van der Waals surface area (Å²) in [5.74, 6) is 0.962. The predicted molar refractivity (Wildman–Crippen MR) is 69.5 cm³/mol. The molecule has 1 fully saturated rings. The van der Waals surface area contributed by atoms with Crippen LogP contribution in [0.5, 0.6) is 5.88 Å². The molecule has 0 amide bonds. The second-order valence-electron chi connectivity index (χ2n) is 4.44. The number of methoxy groups -OCH3 is 1. The molecule has 104 valence electrons. The molecule has 1 unspecified atom stereocenters. The van der Waals surface area contributed by atoms with E-state index in [-0.39, 0.29) is 11.5 Å². The van der Waals surface area contributed by atoms with Gasteiger partial charge in [0.25, 0.3) is 0 Å². The molecular weight excluding hydrogens is 250 g/mol. The zero-order chi connectivity index (χ0) is 13.7. The Hall–Kier alpha value is -1.89. The minimum absolute atomic E-state index is 0.0440. The van der Waals surface area contributed by atoms with Gasteiger partial charge in [-0.05, 0) is 18.8 Å². The zero-order valence-corrected chi connectivity index (χ0v) is 10.8. The van der Waals surface area contributed by atoms with Crippen LogP contribution in [0.25, 0.3) is 0 Å². The van der Waals surface area contributed by atoms with Crippen molar-refractivity contribution in [2.75, 3.05) is 32.2 Å². The molecule has 0 saturated carbocycles. The lowest BCUT2D eigenvalue weighted by atomic mass is 10.0. The van der Waals surface area contributed by atoms with Gasteiger partial charge in [0.15, 0.2) is 0 Å². The Morgan fingerprint density at radius 3 is 3.11 bits per heavy atom. The third-order valence-corrected chi connectivity index (χ3v) is 3.07. The van der Waals surface area contributed by atoms with E-state index in [4.69, 9.17) is 9.47 Å². The number of hydrogen-bond donors (Lipinski definition) is 1. The molecule has 1 aromatic heterocycles. The van der Waals surface area contributed by atoms with Crippen LogP contribution in [-0.2, 0) is 4.74 Å². The molecule has 2 heterocycles. The van der Waals surface area contributed by atoms with E-state index >= 15 is 0 Å². The van der Waals surface area contributed by atoms with Gasteiger partial charge in [0.2, 0.25) is 11.7 Å². The zero-order valence-electron chi connectivity index (χ0n) is 10.8. The van der Waals surface area contributed by atoms with Crippen LogP contribution in [0.1, 0.15) is 12.8 Å². The maximum atomic E-state index is 10.9. The Kier molecular flexibility index (Phi) is 4.51. The average molecular weight is 267 g/mol. The molecule has 1 aromatic rings. The first-order valence-corrected chi connectivity index (χ1v) is 6.21. The number of nitrogens with one attached hydrogen (secondary N) is 1. The Bertz CT molecular complexity index is 447. The Labute approximate surface area is 111 Å². The lowest BCUT2D eigenvalue weighted by molar-refractivity contribution is -0.384. The molecular formula is C12H17N3O4. The van der Waals surface area contributed by atoms with E-state index in [9.17, 15) is 10.1 Å². The van der Waals surface area contributed by atoms with Crippen molar-refractivity contribution in [2.24, 2.45) is 5.92 Å². The fourth-order valence-electron chi connectivity index (χ4n) is 2.03. The van der Waals surface area contributed by atoms with E-state index < -0.39 is 4.92 Å². The van der Waals surface area contributed by atoms with E-state index in [1.807, 2.05) is 0 Å². The maximum Gasteiger partial charge on any atom is 0.311 e. The molecule has 1 aliphatic heterocycles. The topological polar surface area (TPSA) is 86.5 Å². The standard InChI is InChI=1S/C12H17N3O4/c1-18-11-5-4-10(15(16)17)12(14-11)13-7-9-3-2-6-19-8-9/h4-5,9H,2-3,6-8H2,1H3,(H,13,14). The van der Waals surface area contributed by atoms with E-state index in [1.165, 1.54) is 19.2 Å². The summed E-state index contributed by atoms with van der Waals surface area (Å²) in [5.41, 5.74) is -0.0440. The molecule has 1 aliphatic rings. The van der Waals surface area contributed by atoms with Crippen LogP contribution >= 0.6 is 0 Å². The SMILES string of the molecule is COc1ccc([N+](=O)[O-])c(NCC2CCCOC2)n1. The molecule has 0 aliphatic carbocycles. The van der Waals surface area contributed by atoms with Gasteiger partial charge in [-0.3, -0.25) is 10.1 Å². The lowest BCUT2D eigenvalue weighted by Crippen LogP contribution is -2.24. The monoisotopic (exact) mass is 267 g/mol. The summed E-state index contributed by atoms with van der Waals surface area (Å²) in [4.78, 5) is 14.6. The third-order valence-electron chi connectivity index (χ3n) is 3.07. The van der Waals surface area contributed by atoms with Crippen LogP contribution in [-0.4, -0.2) is 36.8 Å². The third kappa shape index (κ3) is 3.54. The van der Waals surface area contributed by atoms with E-state index in [0.717, 1.165) is 19.4 Å². The van der Waals surface area contributed by atoms with Crippen molar-refractivity contribution in [3.63, 3.8) is 0 Å². The summed E-state index contributed by atoms with van der Waals surface area (Å²) in [6.45, 7) is 2.10. The first-order valence-electron chi connectivity index (χ1n) is 6.21. The minimum Gasteiger partial charge on any atom is -0.481 e. The molecule has 0 bridgehead atoms. The molecule has 1 N–H and O–H groups in total. The molecule has 19 heavy (non-hydrogen) atoms. The highest BCUT2D eigenvalue weighted by Gasteiger charge is 2.19. The quantitative estimate of drug-likeness (QED) is 0.647. The number of ether oxygens (including phenoxy) is 2. The molecule has 0 spiro atoms. The van der Waals surface area contributed by atoms with Gasteiger partial charge in [0.1, 0.15) is 0 Å².